The minimum Gasteiger partial charge on any atom is -0.508 e. The van der Waals surface area contributed by atoms with Crippen LogP contribution in [0.4, 0.5) is 0 Å². The molecule has 0 fully saturated rings. The topological polar surface area (TPSA) is 98.0 Å². The molecule has 0 aromatic heterocycles. The van der Waals surface area contributed by atoms with Crippen LogP contribution in [0.15, 0.2) is 60.7 Å². The van der Waals surface area contributed by atoms with E-state index in [0.717, 1.165) is 11.1 Å². The molecule has 1 atom stereocenters. The molecule has 0 heterocycles. The number of rotatable bonds is 4. The predicted molar refractivity (Wildman–Crippen MR) is 97.0 cm³/mol. The monoisotopic (exact) mass is 350 g/mol. The van der Waals surface area contributed by atoms with Crippen LogP contribution in [0.3, 0.4) is 0 Å². The second-order valence-corrected chi connectivity index (χ2v) is 6.11. The van der Waals surface area contributed by atoms with E-state index in [1.807, 2.05) is 6.92 Å². The van der Waals surface area contributed by atoms with Crippen molar-refractivity contribution in [3.63, 3.8) is 0 Å². The summed E-state index contributed by atoms with van der Waals surface area (Å²) in [6.45, 7) is 1.81. The van der Waals surface area contributed by atoms with Gasteiger partial charge in [-0.1, -0.05) is 30.3 Å². The number of hydrogen-bond acceptors (Lipinski definition) is 4. The quantitative estimate of drug-likeness (QED) is 0.533. The van der Waals surface area contributed by atoms with Crippen molar-refractivity contribution in [2.24, 2.45) is 0 Å². The number of aryl methyl sites for hydroxylation is 1. The summed E-state index contributed by atoms with van der Waals surface area (Å²) in [6.07, 6.45) is 0. The third-order valence-electron chi connectivity index (χ3n) is 4.39. The zero-order valence-corrected chi connectivity index (χ0v) is 14.0. The third-order valence-corrected chi connectivity index (χ3v) is 4.39. The molecule has 0 spiro atoms. The summed E-state index contributed by atoms with van der Waals surface area (Å²) >= 11 is 0. The van der Waals surface area contributed by atoms with E-state index < -0.39 is 11.9 Å². The fraction of sp³-hybridized carbons (Fsp3) is 0.0952. The van der Waals surface area contributed by atoms with Gasteiger partial charge in [-0.25, -0.2) is 4.79 Å². The number of aromatic hydroxyl groups is 3. The minimum absolute atomic E-state index is 0.0843. The largest absolute Gasteiger partial charge is 0.508 e. The summed E-state index contributed by atoms with van der Waals surface area (Å²) in [7, 11) is 0. The van der Waals surface area contributed by atoms with Crippen molar-refractivity contribution >= 4 is 5.97 Å². The van der Waals surface area contributed by atoms with Crippen LogP contribution in [0.25, 0.3) is 0 Å². The van der Waals surface area contributed by atoms with Gasteiger partial charge in [-0.3, -0.25) is 0 Å². The number of phenolic OH excluding ortho intramolecular Hbond substituents is 3. The van der Waals surface area contributed by atoms with E-state index in [4.69, 9.17) is 0 Å². The third kappa shape index (κ3) is 3.19. The Hall–Kier alpha value is -3.47. The Morgan fingerprint density at radius 3 is 2.04 bits per heavy atom. The summed E-state index contributed by atoms with van der Waals surface area (Å²) in [5, 5.41) is 39.3. The van der Waals surface area contributed by atoms with Gasteiger partial charge in [0.05, 0.1) is 5.56 Å². The van der Waals surface area contributed by atoms with Crippen LogP contribution >= 0.6 is 0 Å². The maximum absolute atomic E-state index is 11.7. The van der Waals surface area contributed by atoms with Crippen molar-refractivity contribution < 1.29 is 25.2 Å². The first-order chi connectivity index (χ1) is 12.4. The van der Waals surface area contributed by atoms with Gasteiger partial charge in [-0.15, -0.1) is 0 Å². The second kappa shape index (κ2) is 6.80. The molecule has 0 saturated heterocycles. The van der Waals surface area contributed by atoms with Crippen molar-refractivity contribution in [2.75, 3.05) is 0 Å². The van der Waals surface area contributed by atoms with Crippen LogP contribution in [0, 0.1) is 6.92 Å². The number of hydrogen-bond donors (Lipinski definition) is 4. The van der Waals surface area contributed by atoms with Gasteiger partial charge < -0.3 is 20.4 Å². The van der Waals surface area contributed by atoms with Crippen molar-refractivity contribution in [2.45, 2.75) is 12.8 Å². The minimum atomic E-state index is -1.07. The number of benzene rings is 3. The highest BCUT2D eigenvalue weighted by atomic mass is 16.4. The van der Waals surface area contributed by atoms with Crippen molar-refractivity contribution in [1.82, 2.24) is 0 Å². The van der Waals surface area contributed by atoms with Crippen LogP contribution < -0.4 is 0 Å². The van der Waals surface area contributed by atoms with Gasteiger partial charge in [-0.05, 0) is 47.9 Å². The zero-order chi connectivity index (χ0) is 18.8. The van der Waals surface area contributed by atoms with Crippen LogP contribution in [0.5, 0.6) is 17.2 Å². The summed E-state index contributed by atoms with van der Waals surface area (Å²) in [6, 6.07) is 15.7. The lowest BCUT2D eigenvalue weighted by atomic mass is 9.80. The Morgan fingerprint density at radius 2 is 1.42 bits per heavy atom. The summed E-state index contributed by atoms with van der Waals surface area (Å²) in [4.78, 5) is 11.7. The normalized spacial score (nSPS) is 11.9. The Kier molecular flexibility index (Phi) is 4.54. The van der Waals surface area contributed by atoms with Gasteiger partial charge in [-0.2, -0.15) is 0 Å². The van der Waals surface area contributed by atoms with Gasteiger partial charge in [0.1, 0.15) is 17.2 Å². The van der Waals surface area contributed by atoms with E-state index in [1.54, 1.807) is 36.4 Å². The molecular weight excluding hydrogens is 332 g/mol. The molecule has 3 rings (SSSR count). The Bertz CT molecular complexity index is 926. The average Bonchev–Trinajstić information content (AvgIpc) is 2.59. The molecule has 5 nitrogen and oxygen atoms in total. The van der Waals surface area contributed by atoms with Gasteiger partial charge >= 0.3 is 5.97 Å². The van der Waals surface area contributed by atoms with Gasteiger partial charge in [0.25, 0.3) is 0 Å². The highest BCUT2D eigenvalue weighted by Gasteiger charge is 2.26. The van der Waals surface area contributed by atoms with Crippen LogP contribution in [0.1, 0.15) is 38.5 Å². The van der Waals surface area contributed by atoms with Gasteiger partial charge in [0.15, 0.2) is 0 Å². The Balaban J connectivity index is 2.32. The lowest BCUT2D eigenvalue weighted by Gasteiger charge is -2.23. The molecule has 0 aliphatic rings. The molecule has 1 unspecified atom stereocenters. The highest BCUT2D eigenvalue weighted by Crippen LogP contribution is 2.41. The molecule has 3 aromatic rings. The first kappa shape index (κ1) is 17.4. The van der Waals surface area contributed by atoms with E-state index in [1.165, 1.54) is 24.3 Å². The molecule has 4 N–H and O–H groups in total. The smallest absolute Gasteiger partial charge is 0.335 e. The van der Waals surface area contributed by atoms with E-state index >= 15 is 0 Å². The number of carboxylic acid groups (broad SMARTS) is 1. The fourth-order valence-electron chi connectivity index (χ4n) is 3.21. The average molecular weight is 350 g/mol. The van der Waals surface area contributed by atoms with E-state index in [2.05, 4.69) is 0 Å². The number of phenols is 3. The van der Waals surface area contributed by atoms with Crippen LogP contribution in [-0.4, -0.2) is 26.4 Å². The lowest BCUT2D eigenvalue weighted by Crippen LogP contribution is -2.11. The standard InChI is InChI=1S/C21H18O5/c1-12-10-13(22)6-8-15(12)20(18-9-7-14(23)11-19(18)24)16-4-2-3-5-17(16)21(25)26/h2-11,20,22-24H,1H3,(H,25,26). The van der Waals surface area contributed by atoms with Crippen molar-refractivity contribution in [3.8, 4) is 17.2 Å². The maximum atomic E-state index is 11.7. The summed E-state index contributed by atoms with van der Waals surface area (Å²) in [5.74, 6) is -1.77. The first-order valence-electron chi connectivity index (χ1n) is 8.02. The molecule has 0 aliphatic heterocycles. The fourth-order valence-corrected chi connectivity index (χ4v) is 3.21. The molecule has 0 amide bonds. The molecule has 0 radical (unpaired) electrons. The van der Waals surface area contributed by atoms with Gasteiger partial charge in [0, 0.05) is 17.5 Å². The molecule has 0 bridgehead atoms. The SMILES string of the molecule is Cc1cc(O)ccc1C(c1ccc(O)cc1O)c1ccccc1C(=O)O. The molecular formula is C21H18O5. The van der Waals surface area contributed by atoms with Crippen LogP contribution in [-0.2, 0) is 0 Å². The van der Waals surface area contributed by atoms with E-state index in [-0.39, 0.29) is 22.8 Å². The predicted octanol–water partition coefficient (Wildman–Crippen LogP) is 3.99. The highest BCUT2D eigenvalue weighted by molar-refractivity contribution is 5.90. The molecule has 3 aromatic carbocycles. The zero-order valence-electron chi connectivity index (χ0n) is 14.0. The molecule has 5 heteroatoms. The second-order valence-electron chi connectivity index (χ2n) is 6.11. The molecule has 0 saturated carbocycles. The summed E-state index contributed by atoms with van der Waals surface area (Å²) in [5.41, 5.74) is 2.60. The number of aromatic carboxylic acids is 1. The molecule has 26 heavy (non-hydrogen) atoms. The van der Waals surface area contributed by atoms with Crippen molar-refractivity contribution in [1.29, 1.82) is 0 Å². The maximum Gasteiger partial charge on any atom is 0.335 e. The lowest BCUT2D eigenvalue weighted by molar-refractivity contribution is 0.0695. The van der Waals surface area contributed by atoms with E-state index in [0.29, 0.717) is 11.1 Å². The first-order valence-corrected chi connectivity index (χ1v) is 8.02. The number of carboxylic acids is 1. The van der Waals surface area contributed by atoms with Crippen molar-refractivity contribution in [3.05, 3.63) is 88.5 Å². The Morgan fingerprint density at radius 1 is 0.808 bits per heavy atom. The number of carbonyl (C=O) groups is 1. The van der Waals surface area contributed by atoms with E-state index in [9.17, 15) is 25.2 Å². The van der Waals surface area contributed by atoms with Crippen LogP contribution in [0.2, 0.25) is 0 Å². The van der Waals surface area contributed by atoms with Gasteiger partial charge in [0.2, 0.25) is 0 Å². The summed E-state index contributed by atoms with van der Waals surface area (Å²) < 4.78 is 0. The molecule has 132 valence electrons. The Labute approximate surface area is 150 Å². The molecule has 0 aliphatic carbocycles.